The largest absolute Gasteiger partial charge is 0.384 e. The van der Waals surface area contributed by atoms with Crippen molar-refractivity contribution in [3.8, 4) is 0 Å². The Labute approximate surface area is 115 Å². The third-order valence-electron chi connectivity index (χ3n) is 3.82. The number of aromatic nitrogens is 2. The number of hydrogen-bond donors (Lipinski definition) is 1. The van der Waals surface area contributed by atoms with E-state index in [-0.39, 0.29) is 0 Å². The molecule has 1 saturated heterocycles. The first kappa shape index (κ1) is 14.1. The molecule has 106 valence electrons. The summed E-state index contributed by atoms with van der Waals surface area (Å²) in [5.74, 6) is 1.94. The van der Waals surface area contributed by atoms with Crippen LogP contribution in [-0.4, -0.2) is 47.6 Å². The van der Waals surface area contributed by atoms with Crippen LogP contribution in [0.4, 0.5) is 11.8 Å². The molecule has 1 unspecified atom stereocenters. The molecule has 1 aliphatic heterocycles. The van der Waals surface area contributed by atoms with Gasteiger partial charge in [-0.25, -0.2) is 4.98 Å². The minimum absolute atomic E-state index is 0.532. The number of piperidine rings is 1. The molecule has 1 atom stereocenters. The zero-order valence-corrected chi connectivity index (χ0v) is 12.2. The van der Waals surface area contributed by atoms with Crippen molar-refractivity contribution < 1.29 is 0 Å². The summed E-state index contributed by atoms with van der Waals surface area (Å²) in [4.78, 5) is 13.2. The van der Waals surface area contributed by atoms with Crippen molar-refractivity contribution in [2.45, 2.75) is 32.7 Å². The number of nitrogens with two attached hydrogens (primary N) is 1. The van der Waals surface area contributed by atoms with Crippen molar-refractivity contribution in [2.75, 3.05) is 37.3 Å². The molecular weight excluding hydrogens is 238 g/mol. The highest BCUT2D eigenvalue weighted by Gasteiger charge is 2.23. The van der Waals surface area contributed by atoms with Gasteiger partial charge in [-0.15, -0.1) is 0 Å². The van der Waals surface area contributed by atoms with Gasteiger partial charge in [0.05, 0.1) is 0 Å². The van der Waals surface area contributed by atoms with Gasteiger partial charge < -0.3 is 15.5 Å². The molecule has 0 spiro atoms. The van der Waals surface area contributed by atoms with E-state index in [1.54, 1.807) is 12.3 Å². The summed E-state index contributed by atoms with van der Waals surface area (Å²) >= 11 is 0. The Balaban J connectivity index is 1.93. The fourth-order valence-electron chi connectivity index (χ4n) is 2.73. The summed E-state index contributed by atoms with van der Waals surface area (Å²) in [6.07, 6.45) is 4.29. The van der Waals surface area contributed by atoms with E-state index in [0.29, 0.717) is 17.8 Å². The van der Waals surface area contributed by atoms with Crippen LogP contribution in [0.25, 0.3) is 0 Å². The number of hydrogen-bond acceptors (Lipinski definition) is 5. The molecule has 1 fully saturated rings. The molecule has 1 aromatic heterocycles. The topological polar surface area (TPSA) is 58.3 Å². The van der Waals surface area contributed by atoms with E-state index >= 15 is 0 Å². The monoisotopic (exact) mass is 263 g/mol. The Morgan fingerprint density at radius 3 is 3.00 bits per heavy atom. The van der Waals surface area contributed by atoms with E-state index < -0.39 is 0 Å². The highest BCUT2D eigenvalue weighted by molar-refractivity contribution is 5.36. The lowest BCUT2D eigenvalue weighted by Gasteiger charge is -2.37. The zero-order valence-electron chi connectivity index (χ0n) is 12.2. The number of nitrogens with zero attached hydrogens (tertiary/aromatic N) is 4. The fourth-order valence-corrected chi connectivity index (χ4v) is 2.73. The highest BCUT2D eigenvalue weighted by atomic mass is 15.2. The van der Waals surface area contributed by atoms with Crippen LogP contribution in [0.2, 0.25) is 0 Å². The average molecular weight is 263 g/mol. The lowest BCUT2D eigenvalue weighted by Crippen LogP contribution is -2.43. The van der Waals surface area contributed by atoms with Crippen molar-refractivity contribution in [1.29, 1.82) is 0 Å². The SMILES string of the molecule is CC(C)N1CCCC(CN(C)c2nccc(N)n2)C1. The fraction of sp³-hybridized carbons (Fsp3) is 0.714. The van der Waals surface area contributed by atoms with Gasteiger partial charge >= 0.3 is 0 Å². The van der Waals surface area contributed by atoms with Gasteiger partial charge in [-0.05, 0) is 45.2 Å². The summed E-state index contributed by atoms with van der Waals surface area (Å²) < 4.78 is 0. The predicted octanol–water partition coefficient (Wildman–Crippen LogP) is 1.62. The first-order chi connectivity index (χ1) is 9.06. The Hall–Kier alpha value is -1.36. The van der Waals surface area contributed by atoms with E-state index in [1.165, 1.54) is 25.9 Å². The second-order valence-corrected chi connectivity index (χ2v) is 5.76. The molecule has 0 aliphatic carbocycles. The maximum absolute atomic E-state index is 5.71. The molecule has 5 heteroatoms. The minimum atomic E-state index is 0.532. The molecule has 19 heavy (non-hydrogen) atoms. The van der Waals surface area contributed by atoms with Gasteiger partial charge in [0.25, 0.3) is 0 Å². The van der Waals surface area contributed by atoms with E-state index in [4.69, 9.17) is 5.73 Å². The van der Waals surface area contributed by atoms with Crippen LogP contribution in [0.5, 0.6) is 0 Å². The molecule has 2 N–H and O–H groups in total. The molecule has 0 saturated carbocycles. The molecule has 0 amide bonds. The highest BCUT2D eigenvalue weighted by Crippen LogP contribution is 2.20. The molecule has 0 aromatic carbocycles. The molecule has 1 aliphatic rings. The van der Waals surface area contributed by atoms with Crippen molar-refractivity contribution in [3.63, 3.8) is 0 Å². The second-order valence-electron chi connectivity index (χ2n) is 5.76. The Kier molecular flexibility index (Phi) is 4.58. The quantitative estimate of drug-likeness (QED) is 0.894. The Morgan fingerprint density at radius 2 is 2.32 bits per heavy atom. The number of nitrogen functional groups attached to an aromatic ring is 1. The third-order valence-corrected chi connectivity index (χ3v) is 3.82. The van der Waals surface area contributed by atoms with Crippen LogP contribution in [0, 0.1) is 5.92 Å². The van der Waals surface area contributed by atoms with E-state index in [0.717, 1.165) is 12.5 Å². The van der Waals surface area contributed by atoms with Gasteiger partial charge in [0, 0.05) is 32.4 Å². The van der Waals surface area contributed by atoms with Crippen LogP contribution in [-0.2, 0) is 0 Å². The molecule has 0 bridgehead atoms. The minimum Gasteiger partial charge on any atom is -0.384 e. The lowest BCUT2D eigenvalue weighted by molar-refractivity contribution is 0.142. The van der Waals surface area contributed by atoms with Gasteiger partial charge in [0.15, 0.2) is 0 Å². The smallest absolute Gasteiger partial charge is 0.226 e. The summed E-state index contributed by atoms with van der Waals surface area (Å²) in [5.41, 5.74) is 5.71. The predicted molar refractivity (Wildman–Crippen MR) is 79.1 cm³/mol. The van der Waals surface area contributed by atoms with Gasteiger partial charge in [0.1, 0.15) is 5.82 Å². The van der Waals surface area contributed by atoms with Gasteiger partial charge in [-0.2, -0.15) is 4.98 Å². The van der Waals surface area contributed by atoms with Crippen molar-refractivity contribution >= 4 is 11.8 Å². The summed E-state index contributed by atoms with van der Waals surface area (Å²) in [7, 11) is 2.04. The van der Waals surface area contributed by atoms with Crippen molar-refractivity contribution in [2.24, 2.45) is 5.92 Å². The molecule has 2 heterocycles. The molecule has 1 aromatic rings. The lowest BCUT2D eigenvalue weighted by atomic mass is 9.96. The van der Waals surface area contributed by atoms with Gasteiger partial charge in [-0.1, -0.05) is 0 Å². The Bertz CT molecular complexity index is 407. The van der Waals surface area contributed by atoms with Crippen LogP contribution >= 0.6 is 0 Å². The van der Waals surface area contributed by atoms with Crippen LogP contribution in [0.3, 0.4) is 0 Å². The average Bonchev–Trinajstić information content (AvgIpc) is 2.39. The van der Waals surface area contributed by atoms with Crippen molar-refractivity contribution in [1.82, 2.24) is 14.9 Å². The van der Waals surface area contributed by atoms with E-state index in [2.05, 4.69) is 33.6 Å². The number of anilines is 2. The maximum atomic E-state index is 5.71. The van der Waals surface area contributed by atoms with Crippen LogP contribution < -0.4 is 10.6 Å². The molecule has 2 rings (SSSR count). The normalized spacial score (nSPS) is 20.7. The van der Waals surface area contributed by atoms with Crippen molar-refractivity contribution in [3.05, 3.63) is 12.3 Å². The number of likely N-dealkylation sites (tertiary alicyclic amines) is 1. The van der Waals surface area contributed by atoms with Crippen LogP contribution in [0.1, 0.15) is 26.7 Å². The number of rotatable bonds is 4. The van der Waals surface area contributed by atoms with Crippen LogP contribution in [0.15, 0.2) is 12.3 Å². The maximum Gasteiger partial charge on any atom is 0.226 e. The van der Waals surface area contributed by atoms with E-state index in [1.807, 2.05) is 7.05 Å². The molecule has 0 radical (unpaired) electrons. The summed E-state index contributed by atoms with van der Waals surface area (Å²) in [5, 5.41) is 0. The summed E-state index contributed by atoms with van der Waals surface area (Å²) in [6.45, 7) is 7.93. The zero-order chi connectivity index (χ0) is 13.8. The Morgan fingerprint density at radius 1 is 1.53 bits per heavy atom. The molecule has 5 nitrogen and oxygen atoms in total. The van der Waals surface area contributed by atoms with Gasteiger partial charge in [-0.3, -0.25) is 0 Å². The standard InChI is InChI=1S/C14H25N5/c1-11(2)19-8-4-5-12(10-19)9-18(3)14-16-7-6-13(15)17-14/h6-7,11-12H,4-5,8-10H2,1-3H3,(H2,15,16,17). The molecular formula is C14H25N5. The first-order valence-electron chi connectivity index (χ1n) is 7.10. The van der Waals surface area contributed by atoms with E-state index in [9.17, 15) is 0 Å². The van der Waals surface area contributed by atoms with Gasteiger partial charge in [0.2, 0.25) is 5.95 Å². The third kappa shape index (κ3) is 3.80. The second kappa shape index (κ2) is 6.19. The summed E-state index contributed by atoms with van der Waals surface area (Å²) in [6, 6.07) is 2.36. The first-order valence-corrected chi connectivity index (χ1v) is 7.10.